The van der Waals surface area contributed by atoms with Crippen LogP contribution in [0.15, 0.2) is 29.1 Å². The van der Waals surface area contributed by atoms with Gasteiger partial charge < -0.3 is 9.88 Å². The quantitative estimate of drug-likeness (QED) is 0.929. The van der Waals surface area contributed by atoms with Crippen LogP contribution in [0, 0.1) is 5.82 Å². The lowest BCUT2D eigenvalue weighted by Gasteiger charge is -2.26. The van der Waals surface area contributed by atoms with Crippen LogP contribution in [-0.2, 0) is 11.2 Å². The molecular weight excluding hydrogens is 311 g/mol. The number of carbonyl (C=O) groups is 1. The lowest BCUT2D eigenvalue weighted by molar-refractivity contribution is -0.132. The lowest BCUT2D eigenvalue weighted by atomic mass is 10.1. The monoisotopic (exact) mass is 330 g/mol. The van der Waals surface area contributed by atoms with Crippen LogP contribution in [-0.4, -0.2) is 39.1 Å². The number of H-pyrrole nitrogens is 1. The van der Waals surface area contributed by atoms with Gasteiger partial charge in [-0.15, -0.1) is 10.2 Å². The van der Waals surface area contributed by atoms with E-state index < -0.39 is 0 Å². The highest BCUT2D eigenvalue weighted by atomic mass is 19.1. The Morgan fingerprint density at radius 3 is 2.50 bits per heavy atom. The zero-order valence-electron chi connectivity index (χ0n) is 13.3. The van der Waals surface area contributed by atoms with Crippen molar-refractivity contribution in [2.45, 2.75) is 32.1 Å². The van der Waals surface area contributed by atoms with Crippen molar-refractivity contribution in [2.24, 2.45) is 0 Å². The summed E-state index contributed by atoms with van der Waals surface area (Å²) >= 11 is 0. The van der Waals surface area contributed by atoms with Crippen molar-refractivity contribution in [2.75, 3.05) is 13.1 Å². The van der Waals surface area contributed by atoms with Gasteiger partial charge in [-0.2, -0.15) is 0 Å². The fourth-order valence-electron chi connectivity index (χ4n) is 2.79. The molecular formula is C17H19FN4O2. The number of nitrogens with zero attached hydrogens (tertiary/aromatic N) is 3. The second-order valence-electron chi connectivity index (χ2n) is 5.90. The second kappa shape index (κ2) is 7.33. The highest BCUT2D eigenvalue weighted by molar-refractivity contribution is 5.76. The Morgan fingerprint density at radius 1 is 1.12 bits per heavy atom. The molecule has 0 unspecified atom stereocenters. The van der Waals surface area contributed by atoms with Crippen LogP contribution in [0.25, 0.3) is 11.4 Å². The highest BCUT2D eigenvalue weighted by Crippen LogP contribution is 2.13. The van der Waals surface area contributed by atoms with Gasteiger partial charge in [-0.1, -0.05) is 0 Å². The summed E-state index contributed by atoms with van der Waals surface area (Å²) in [6.07, 6.45) is 3.77. The fourth-order valence-corrected chi connectivity index (χ4v) is 2.79. The summed E-state index contributed by atoms with van der Waals surface area (Å²) in [4.78, 5) is 28.7. The first-order valence-electron chi connectivity index (χ1n) is 8.13. The molecule has 0 radical (unpaired) electrons. The third kappa shape index (κ3) is 3.84. The molecule has 1 aliphatic heterocycles. The van der Waals surface area contributed by atoms with Crippen molar-refractivity contribution in [1.29, 1.82) is 0 Å². The third-order valence-electron chi connectivity index (χ3n) is 4.17. The number of amides is 1. The van der Waals surface area contributed by atoms with Gasteiger partial charge >= 0.3 is 0 Å². The average molecular weight is 330 g/mol. The van der Waals surface area contributed by atoms with E-state index in [1.807, 2.05) is 4.90 Å². The molecule has 7 heteroatoms. The van der Waals surface area contributed by atoms with Gasteiger partial charge in [0.2, 0.25) is 5.91 Å². The van der Waals surface area contributed by atoms with Crippen molar-refractivity contribution in [3.63, 3.8) is 0 Å². The minimum Gasteiger partial charge on any atom is -0.343 e. The number of carbonyl (C=O) groups excluding carboxylic acids is 1. The first-order chi connectivity index (χ1) is 11.6. The number of aromatic amines is 1. The summed E-state index contributed by atoms with van der Waals surface area (Å²) in [5, 5.41) is 7.91. The molecule has 1 aliphatic rings. The molecule has 2 aromatic rings. The van der Waals surface area contributed by atoms with Gasteiger partial charge in [0.15, 0.2) is 5.82 Å². The molecule has 0 aliphatic carbocycles. The smallest absolute Gasteiger partial charge is 0.273 e. The predicted molar refractivity (Wildman–Crippen MR) is 86.8 cm³/mol. The van der Waals surface area contributed by atoms with E-state index in [4.69, 9.17) is 0 Å². The molecule has 2 heterocycles. The topological polar surface area (TPSA) is 79.0 Å². The van der Waals surface area contributed by atoms with E-state index >= 15 is 0 Å². The average Bonchev–Trinajstić information content (AvgIpc) is 2.62. The molecule has 24 heavy (non-hydrogen) atoms. The molecule has 3 rings (SSSR count). The summed E-state index contributed by atoms with van der Waals surface area (Å²) in [5.41, 5.74) is 0.457. The van der Waals surface area contributed by atoms with Crippen LogP contribution in [0.3, 0.4) is 0 Å². The molecule has 1 saturated heterocycles. The number of nitrogens with one attached hydrogen (secondary N) is 1. The molecule has 1 aromatic carbocycles. The molecule has 0 spiro atoms. The normalized spacial score (nSPS) is 14.6. The Kier molecular flexibility index (Phi) is 4.98. The zero-order chi connectivity index (χ0) is 16.9. The number of likely N-dealkylation sites (tertiary alicyclic amines) is 1. The molecule has 1 fully saturated rings. The molecule has 1 amide bonds. The largest absolute Gasteiger partial charge is 0.343 e. The minimum absolute atomic E-state index is 0.0542. The Bertz CT molecular complexity index is 767. The molecule has 1 N–H and O–H groups in total. The summed E-state index contributed by atoms with van der Waals surface area (Å²) in [6, 6.07) is 5.63. The van der Waals surface area contributed by atoms with Crippen LogP contribution < -0.4 is 5.56 Å². The number of rotatable bonds is 4. The van der Waals surface area contributed by atoms with Crippen LogP contribution in [0.4, 0.5) is 4.39 Å². The van der Waals surface area contributed by atoms with E-state index in [0.717, 1.165) is 25.9 Å². The maximum absolute atomic E-state index is 12.9. The molecule has 0 atom stereocenters. The molecule has 126 valence electrons. The molecule has 0 saturated carbocycles. The summed E-state index contributed by atoms with van der Waals surface area (Å²) < 4.78 is 12.9. The second-order valence-corrected chi connectivity index (χ2v) is 5.90. The first kappa shape index (κ1) is 16.3. The Hall–Kier alpha value is -2.57. The number of benzene rings is 1. The highest BCUT2D eigenvalue weighted by Gasteiger charge is 2.17. The molecule has 1 aromatic heterocycles. The van der Waals surface area contributed by atoms with Crippen LogP contribution in [0.5, 0.6) is 0 Å². The van der Waals surface area contributed by atoms with Gasteiger partial charge in [0.05, 0.1) is 0 Å². The van der Waals surface area contributed by atoms with Gasteiger partial charge in [-0.05, 0) is 43.5 Å². The lowest BCUT2D eigenvalue weighted by Crippen LogP contribution is -2.36. The van der Waals surface area contributed by atoms with Crippen molar-refractivity contribution < 1.29 is 9.18 Å². The number of hydrogen-bond acceptors (Lipinski definition) is 4. The van der Waals surface area contributed by atoms with E-state index in [2.05, 4.69) is 15.2 Å². The van der Waals surface area contributed by atoms with E-state index in [1.165, 1.54) is 30.7 Å². The van der Waals surface area contributed by atoms with E-state index in [1.54, 1.807) is 0 Å². The standard InChI is InChI=1S/C17H19FN4O2/c18-13-6-4-12(5-7-13)16-19-17(24)14(20-21-16)8-9-15(23)22-10-2-1-3-11-22/h4-7H,1-3,8-11H2,(H,19,21,24). The maximum Gasteiger partial charge on any atom is 0.273 e. The van der Waals surface area contributed by atoms with Gasteiger partial charge in [0, 0.05) is 31.5 Å². The summed E-state index contributed by atoms with van der Waals surface area (Å²) in [5.74, 6) is -0.0217. The maximum atomic E-state index is 12.9. The third-order valence-corrected chi connectivity index (χ3v) is 4.17. The van der Waals surface area contributed by atoms with Gasteiger partial charge in [0.25, 0.3) is 5.56 Å². The Morgan fingerprint density at radius 2 is 1.83 bits per heavy atom. The van der Waals surface area contributed by atoms with E-state index in [-0.39, 0.29) is 41.6 Å². The summed E-state index contributed by atoms with van der Waals surface area (Å²) in [6.45, 7) is 1.59. The van der Waals surface area contributed by atoms with Crippen LogP contribution in [0.1, 0.15) is 31.4 Å². The van der Waals surface area contributed by atoms with E-state index in [9.17, 15) is 14.0 Å². The van der Waals surface area contributed by atoms with Gasteiger partial charge in [-0.25, -0.2) is 4.39 Å². The Labute approximate surface area is 138 Å². The first-order valence-corrected chi connectivity index (χ1v) is 8.13. The number of aryl methyl sites for hydroxylation is 1. The van der Waals surface area contributed by atoms with Crippen molar-refractivity contribution in [3.8, 4) is 11.4 Å². The van der Waals surface area contributed by atoms with Crippen LogP contribution >= 0.6 is 0 Å². The van der Waals surface area contributed by atoms with Crippen molar-refractivity contribution in [3.05, 3.63) is 46.1 Å². The Balaban J connectivity index is 1.65. The number of hydrogen-bond donors (Lipinski definition) is 1. The number of piperidine rings is 1. The molecule has 0 bridgehead atoms. The fraction of sp³-hybridized carbons (Fsp3) is 0.412. The van der Waals surface area contributed by atoms with Gasteiger partial charge in [0.1, 0.15) is 11.5 Å². The van der Waals surface area contributed by atoms with Crippen molar-refractivity contribution >= 4 is 5.91 Å². The predicted octanol–water partition coefficient (Wildman–Crippen LogP) is 1.92. The SMILES string of the molecule is O=C(CCc1nnc(-c2ccc(F)cc2)[nH]c1=O)N1CCCCC1. The number of halogens is 1. The summed E-state index contributed by atoms with van der Waals surface area (Å²) in [7, 11) is 0. The van der Waals surface area contributed by atoms with Crippen LogP contribution in [0.2, 0.25) is 0 Å². The van der Waals surface area contributed by atoms with Crippen molar-refractivity contribution in [1.82, 2.24) is 20.1 Å². The minimum atomic E-state index is -0.365. The molecule has 6 nitrogen and oxygen atoms in total. The van der Waals surface area contributed by atoms with Gasteiger partial charge in [-0.3, -0.25) is 9.59 Å². The zero-order valence-corrected chi connectivity index (χ0v) is 13.3. The number of aromatic nitrogens is 3. The van der Waals surface area contributed by atoms with E-state index in [0.29, 0.717) is 5.56 Å².